The smallest absolute Gasteiger partial charge is 0.0681 e. The van der Waals surface area contributed by atoms with E-state index in [0.29, 0.717) is 0 Å². The quantitative estimate of drug-likeness (QED) is 0.616. The molecule has 0 aromatic heterocycles. The molecule has 1 N–H and O–H groups in total. The zero-order chi connectivity index (χ0) is 8.69. The van der Waals surface area contributed by atoms with Gasteiger partial charge in [-0.25, -0.2) is 0 Å². The Labute approximate surface area is 68.7 Å². The molecule has 0 heterocycles. The first kappa shape index (κ1) is 10.2. The summed E-state index contributed by atoms with van der Waals surface area (Å²) in [5, 5.41) is 8.86. The highest BCUT2D eigenvalue weighted by molar-refractivity contribution is 5.31. The Morgan fingerprint density at radius 2 is 2.00 bits per heavy atom. The molecular weight excluding hydrogens is 136 g/mol. The van der Waals surface area contributed by atoms with Gasteiger partial charge < -0.3 is 5.11 Å². The molecule has 0 rings (SSSR count). The van der Waals surface area contributed by atoms with Gasteiger partial charge in [0, 0.05) is 0 Å². The van der Waals surface area contributed by atoms with Crippen LogP contribution in [0.5, 0.6) is 0 Å². The highest BCUT2D eigenvalue weighted by Gasteiger charge is 1.93. The minimum Gasteiger partial charge on any atom is -0.392 e. The summed E-state index contributed by atoms with van der Waals surface area (Å²) in [5.41, 5.74) is 2.11. The van der Waals surface area contributed by atoms with E-state index in [1.807, 2.05) is 45.1 Å². The molecule has 0 atom stereocenters. The highest BCUT2D eigenvalue weighted by atomic mass is 16.3. The largest absolute Gasteiger partial charge is 0.392 e. The lowest BCUT2D eigenvalue weighted by atomic mass is 10.1. The van der Waals surface area contributed by atoms with Crippen LogP contribution in [0, 0.1) is 0 Å². The van der Waals surface area contributed by atoms with Crippen molar-refractivity contribution in [1.82, 2.24) is 0 Å². The summed E-state index contributed by atoms with van der Waals surface area (Å²) in [4.78, 5) is 0. The molecule has 0 saturated carbocycles. The van der Waals surface area contributed by atoms with Gasteiger partial charge in [0.15, 0.2) is 0 Å². The monoisotopic (exact) mass is 152 g/mol. The molecule has 0 aromatic carbocycles. The van der Waals surface area contributed by atoms with Gasteiger partial charge in [-0.3, -0.25) is 0 Å². The molecule has 0 aliphatic rings. The van der Waals surface area contributed by atoms with Gasteiger partial charge in [-0.15, -0.1) is 0 Å². The lowest BCUT2D eigenvalue weighted by Crippen LogP contribution is -1.90. The molecule has 1 heteroatoms. The van der Waals surface area contributed by atoms with Crippen molar-refractivity contribution in [2.45, 2.75) is 20.8 Å². The molecule has 11 heavy (non-hydrogen) atoms. The molecule has 0 aliphatic carbocycles. The van der Waals surface area contributed by atoms with E-state index in [4.69, 9.17) is 5.11 Å². The normalized spacial score (nSPS) is 14.5. The van der Waals surface area contributed by atoms with Gasteiger partial charge in [0.05, 0.1) is 6.61 Å². The van der Waals surface area contributed by atoms with E-state index in [-0.39, 0.29) is 6.61 Å². The molecule has 0 unspecified atom stereocenters. The molecule has 0 saturated heterocycles. The standard InChI is InChI=1S/C10H16O/c1-4-6-7-9(3)10(5-2)8-11/h4-7,11H,8H2,1-3H3/b6-4-,9-7-,10-5-. The van der Waals surface area contributed by atoms with Crippen molar-refractivity contribution in [3.63, 3.8) is 0 Å². The predicted octanol–water partition coefficient (Wildman–Crippen LogP) is 2.45. The lowest BCUT2D eigenvalue weighted by molar-refractivity contribution is 0.333. The van der Waals surface area contributed by atoms with Crippen LogP contribution in [0.4, 0.5) is 0 Å². The summed E-state index contributed by atoms with van der Waals surface area (Å²) in [6, 6.07) is 0. The fourth-order valence-corrected chi connectivity index (χ4v) is 0.791. The van der Waals surface area contributed by atoms with Gasteiger partial charge >= 0.3 is 0 Å². The third-order valence-corrected chi connectivity index (χ3v) is 1.56. The van der Waals surface area contributed by atoms with Crippen LogP contribution in [-0.4, -0.2) is 11.7 Å². The average molecular weight is 152 g/mol. The zero-order valence-electron chi connectivity index (χ0n) is 7.46. The molecule has 0 aliphatic heterocycles. The van der Waals surface area contributed by atoms with Crippen molar-refractivity contribution >= 4 is 0 Å². The SMILES string of the molecule is C\C=C/C=C(C)\C(=C/C)CO. The summed E-state index contributed by atoms with van der Waals surface area (Å²) in [6.07, 6.45) is 7.85. The lowest BCUT2D eigenvalue weighted by Gasteiger charge is -2.00. The molecule has 1 nitrogen and oxygen atoms in total. The van der Waals surface area contributed by atoms with Gasteiger partial charge in [0.25, 0.3) is 0 Å². The van der Waals surface area contributed by atoms with Gasteiger partial charge in [-0.2, -0.15) is 0 Å². The maximum Gasteiger partial charge on any atom is 0.0681 e. The average Bonchev–Trinajstić information content (AvgIpc) is 2.03. The first-order valence-corrected chi connectivity index (χ1v) is 3.82. The van der Waals surface area contributed by atoms with Gasteiger partial charge in [-0.1, -0.05) is 24.3 Å². The Morgan fingerprint density at radius 3 is 2.36 bits per heavy atom. The fraction of sp³-hybridized carbons (Fsp3) is 0.400. The predicted molar refractivity (Wildman–Crippen MR) is 49.4 cm³/mol. The first-order chi connectivity index (χ1) is 5.26. The van der Waals surface area contributed by atoms with Gasteiger partial charge in [-0.05, 0) is 31.9 Å². The van der Waals surface area contributed by atoms with Crippen LogP contribution in [0.2, 0.25) is 0 Å². The van der Waals surface area contributed by atoms with E-state index in [2.05, 4.69) is 0 Å². The van der Waals surface area contributed by atoms with Crippen LogP contribution < -0.4 is 0 Å². The second-order valence-corrected chi connectivity index (χ2v) is 2.35. The van der Waals surface area contributed by atoms with Crippen molar-refractivity contribution in [2.75, 3.05) is 6.61 Å². The Balaban J connectivity index is 4.32. The van der Waals surface area contributed by atoms with E-state index >= 15 is 0 Å². The van der Waals surface area contributed by atoms with Crippen LogP contribution in [-0.2, 0) is 0 Å². The Bertz CT molecular complexity index is 185. The second-order valence-electron chi connectivity index (χ2n) is 2.35. The van der Waals surface area contributed by atoms with Crippen LogP contribution in [0.3, 0.4) is 0 Å². The summed E-state index contributed by atoms with van der Waals surface area (Å²) < 4.78 is 0. The van der Waals surface area contributed by atoms with E-state index in [1.54, 1.807) is 0 Å². The van der Waals surface area contributed by atoms with Crippen molar-refractivity contribution in [2.24, 2.45) is 0 Å². The second kappa shape index (κ2) is 5.93. The van der Waals surface area contributed by atoms with Gasteiger partial charge in [0.2, 0.25) is 0 Å². The van der Waals surface area contributed by atoms with Crippen molar-refractivity contribution in [3.8, 4) is 0 Å². The van der Waals surface area contributed by atoms with Crippen LogP contribution >= 0.6 is 0 Å². The third kappa shape index (κ3) is 3.79. The Morgan fingerprint density at radius 1 is 1.36 bits per heavy atom. The summed E-state index contributed by atoms with van der Waals surface area (Å²) in [6.45, 7) is 6.01. The maximum absolute atomic E-state index is 8.86. The number of hydrogen-bond donors (Lipinski definition) is 1. The molecule has 0 fully saturated rings. The topological polar surface area (TPSA) is 20.2 Å². The minimum absolute atomic E-state index is 0.121. The summed E-state index contributed by atoms with van der Waals surface area (Å²) in [5.74, 6) is 0. The number of rotatable bonds is 3. The van der Waals surface area contributed by atoms with E-state index in [9.17, 15) is 0 Å². The maximum atomic E-state index is 8.86. The molecular formula is C10H16O. The van der Waals surface area contributed by atoms with E-state index in [1.165, 1.54) is 0 Å². The molecule has 0 aromatic rings. The third-order valence-electron chi connectivity index (χ3n) is 1.56. The number of hydrogen-bond acceptors (Lipinski definition) is 1. The molecule has 0 amide bonds. The van der Waals surface area contributed by atoms with Crippen molar-refractivity contribution < 1.29 is 5.11 Å². The fourth-order valence-electron chi connectivity index (χ4n) is 0.791. The molecule has 0 bridgehead atoms. The van der Waals surface area contributed by atoms with Gasteiger partial charge in [0.1, 0.15) is 0 Å². The highest BCUT2D eigenvalue weighted by Crippen LogP contribution is 2.07. The number of aliphatic hydroxyl groups is 1. The van der Waals surface area contributed by atoms with Crippen LogP contribution in [0.1, 0.15) is 20.8 Å². The molecule has 0 spiro atoms. The summed E-state index contributed by atoms with van der Waals surface area (Å²) >= 11 is 0. The molecule has 0 radical (unpaired) electrons. The molecule has 62 valence electrons. The number of aliphatic hydroxyl groups excluding tert-OH is 1. The Hall–Kier alpha value is -0.820. The zero-order valence-corrected chi connectivity index (χ0v) is 7.46. The van der Waals surface area contributed by atoms with E-state index in [0.717, 1.165) is 11.1 Å². The minimum atomic E-state index is 0.121. The van der Waals surface area contributed by atoms with Crippen LogP contribution in [0.15, 0.2) is 35.5 Å². The summed E-state index contributed by atoms with van der Waals surface area (Å²) in [7, 11) is 0. The van der Waals surface area contributed by atoms with E-state index < -0.39 is 0 Å². The van der Waals surface area contributed by atoms with Crippen molar-refractivity contribution in [3.05, 3.63) is 35.5 Å². The number of allylic oxidation sites excluding steroid dienone is 4. The van der Waals surface area contributed by atoms with Crippen LogP contribution in [0.25, 0.3) is 0 Å². The first-order valence-electron chi connectivity index (χ1n) is 3.82. The van der Waals surface area contributed by atoms with Crippen molar-refractivity contribution in [1.29, 1.82) is 0 Å². The Kier molecular flexibility index (Phi) is 5.49.